The van der Waals surface area contributed by atoms with E-state index in [9.17, 15) is 8.78 Å². The summed E-state index contributed by atoms with van der Waals surface area (Å²) < 4.78 is 34.4. The van der Waals surface area contributed by atoms with Crippen molar-refractivity contribution >= 4 is 12.4 Å². The van der Waals surface area contributed by atoms with Crippen molar-refractivity contribution in [3.63, 3.8) is 0 Å². The van der Waals surface area contributed by atoms with Crippen molar-refractivity contribution in [1.82, 2.24) is 19.7 Å². The molecule has 1 aliphatic rings. The van der Waals surface area contributed by atoms with Crippen molar-refractivity contribution < 1.29 is 13.5 Å². The van der Waals surface area contributed by atoms with Gasteiger partial charge in [0.25, 0.3) is 0 Å². The summed E-state index contributed by atoms with van der Waals surface area (Å²) in [6.45, 7) is 0.580. The van der Waals surface area contributed by atoms with E-state index in [1.165, 1.54) is 23.1 Å². The average Bonchev–Trinajstić information content (AvgIpc) is 3.17. The summed E-state index contributed by atoms with van der Waals surface area (Å²) in [6.07, 6.45) is 10.4. The zero-order valence-corrected chi connectivity index (χ0v) is 16.5. The summed E-state index contributed by atoms with van der Waals surface area (Å²) in [5, 5.41) is 4.20. The molecule has 0 amide bonds. The monoisotopic (exact) mass is 421 g/mol. The van der Waals surface area contributed by atoms with Crippen molar-refractivity contribution in [1.29, 1.82) is 0 Å². The molecule has 1 aliphatic carbocycles. The minimum Gasteiger partial charge on any atom is -0.489 e. The number of rotatable bonds is 5. The maximum Gasteiger partial charge on any atom is 0.163 e. The third-order valence-electron chi connectivity index (χ3n) is 5.01. The van der Waals surface area contributed by atoms with Crippen LogP contribution in [0.4, 0.5) is 8.78 Å². The standard InChI is InChI=1S/C20H21F2N5O.ClH/c21-15-5-16(22)7-18(6-15)27-10-14(8-26-27)20-19(9-24-12-25-20)28-11-13-1-3-17(23)4-2-13;/h5-10,12-13,17H,1-4,11,23H2;1H. The van der Waals surface area contributed by atoms with Crippen LogP contribution in [0, 0.1) is 17.6 Å². The van der Waals surface area contributed by atoms with Gasteiger partial charge in [-0.05, 0) is 43.7 Å². The molecule has 1 fully saturated rings. The molecule has 0 bridgehead atoms. The summed E-state index contributed by atoms with van der Waals surface area (Å²) in [5.41, 5.74) is 7.51. The molecule has 4 rings (SSSR count). The second-order valence-electron chi connectivity index (χ2n) is 7.13. The van der Waals surface area contributed by atoms with Gasteiger partial charge < -0.3 is 10.5 Å². The molecule has 2 aromatic heterocycles. The van der Waals surface area contributed by atoms with E-state index in [0.29, 0.717) is 41.3 Å². The van der Waals surface area contributed by atoms with Gasteiger partial charge in [0.15, 0.2) is 5.75 Å². The Balaban J connectivity index is 0.00000240. The van der Waals surface area contributed by atoms with Crippen molar-refractivity contribution in [2.75, 3.05) is 6.61 Å². The maximum atomic E-state index is 13.5. The predicted octanol–water partition coefficient (Wildman–Crippen LogP) is 3.93. The van der Waals surface area contributed by atoms with Gasteiger partial charge in [-0.25, -0.2) is 23.4 Å². The number of nitrogens with zero attached hydrogens (tertiary/aromatic N) is 4. The van der Waals surface area contributed by atoms with Gasteiger partial charge in [0.05, 0.1) is 24.7 Å². The van der Waals surface area contributed by atoms with Crippen molar-refractivity contribution in [3.8, 4) is 22.7 Å². The minimum atomic E-state index is -0.662. The molecule has 0 unspecified atom stereocenters. The van der Waals surface area contributed by atoms with Gasteiger partial charge in [-0.2, -0.15) is 5.10 Å². The molecule has 1 saturated carbocycles. The quantitative estimate of drug-likeness (QED) is 0.675. The Morgan fingerprint density at radius 1 is 1.07 bits per heavy atom. The maximum absolute atomic E-state index is 13.5. The molecule has 6 nitrogen and oxygen atoms in total. The van der Waals surface area contributed by atoms with Crippen molar-refractivity contribution in [2.45, 2.75) is 31.7 Å². The topological polar surface area (TPSA) is 78.8 Å². The Kier molecular flexibility index (Phi) is 6.76. The Bertz CT molecular complexity index is 939. The van der Waals surface area contributed by atoms with Crippen LogP contribution in [0.2, 0.25) is 0 Å². The van der Waals surface area contributed by atoms with E-state index in [1.54, 1.807) is 18.6 Å². The summed E-state index contributed by atoms with van der Waals surface area (Å²) in [4.78, 5) is 8.36. The number of nitrogens with two attached hydrogens (primary N) is 1. The first-order valence-corrected chi connectivity index (χ1v) is 9.28. The highest BCUT2D eigenvalue weighted by molar-refractivity contribution is 5.85. The minimum absolute atomic E-state index is 0. The molecule has 0 radical (unpaired) electrons. The Morgan fingerprint density at radius 2 is 1.79 bits per heavy atom. The highest BCUT2D eigenvalue weighted by Gasteiger charge is 2.20. The molecule has 1 aromatic carbocycles. The SMILES string of the molecule is Cl.NC1CCC(COc2cncnc2-c2cnn(-c3cc(F)cc(F)c3)c2)CC1. The molecule has 0 spiro atoms. The number of halogens is 3. The Hall–Kier alpha value is -2.58. The lowest BCUT2D eigenvalue weighted by atomic mass is 9.87. The van der Waals surface area contributed by atoms with Gasteiger partial charge in [-0.1, -0.05) is 0 Å². The molecular formula is C20H22ClF2N5O. The molecular weight excluding hydrogens is 400 g/mol. The van der Waals surface area contributed by atoms with E-state index in [1.807, 2.05) is 0 Å². The molecule has 0 aliphatic heterocycles. The van der Waals surface area contributed by atoms with E-state index in [-0.39, 0.29) is 12.4 Å². The van der Waals surface area contributed by atoms with E-state index in [4.69, 9.17) is 10.5 Å². The fourth-order valence-electron chi connectivity index (χ4n) is 3.46. The number of aromatic nitrogens is 4. The van der Waals surface area contributed by atoms with Crippen LogP contribution in [-0.2, 0) is 0 Å². The first kappa shape index (κ1) is 21.1. The summed E-state index contributed by atoms with van der Waals surface area (Å²) >= 11 is 0. The van der Waals surface area contributed by atoms with E-state index >= 15 is 0 Å². The normalized spacial score (nSPS) is 18.9. The highest BCUT2D eigenvalue weighted by atomic mass is 35.5. The average molecular weight is 422 g/mol. The third kappa shape index (κ3) is 5.07. The van der Waals surface area contributed by atoms with Crippen molar-refractivity contribution in [2.24, 2.45) is 11.7 Å². The molecule has 2 N–H and O–H groups in total. The van der Waals surface area contributed by atoms with Crippen LogP contribution in [-0.4, -0.2) is 32.4 Å². The second kappa shape index (κ2) is 9.28. The lowest BCUT2D eigenvalue weighted by molar-refractivity contribution is 0.200. The van der Waals surface area contributed by atoms with Crippen LogP contribution in [0.25, 0.3) is 16.9 Å². The summed E-state index contributed by atoms with van der Waals surface area (Å²) in [5.74, 6) is -0.302. The van der Waals surface area contributed by atoms with Gasteiger partial charge in [-0.3, -0.25) is 0 Å². The van der Waals surface area contributed by atoms with Gasteiger partial charge in [0.1, 0.15) is 23.7 Å². The molecule has 3 aromatic rings. The fraction of sp³-hybridized carbons (Fsp3) is 0.350. The van der Waals surface area contributed by atoms with Gasteiger partial charge in [-0.15, -0.1) is 12.4 Å². The van der Waals surface area contributed by atoms with Crippen molar-refractivity contribution in [3.05, 3.63) is 54.8 Å². The number of benzene rings is 1. The van der Waals surface area contributed by atoms with Crippen LogP contribution in [0.3, 0.4) is 0 Å². The van der Waals surface area contributed by atoms with Gasteiger partial charge >= 0.3 is 0 Å². The number of hydrogen-bond acceptors (Lipinski definition) is 5. The molecule has 154 valence electrons. The van der Waals surface area contributed by atoms with Crippen LogP contribution >= 0.6 is 12.4 Å². The van der Waals surface area contributed by atoms with E-state index in [0.717, 1.165) is 31.7 Å². The summed E-state index contributed by atoms with van der Waals surface area (Å²) in [6, 6.07) is 3.55. The molecule has 0 atom stereocenters. The van der Waals surface area contributed by atoms with Crippen LogP contribution in [0.1, 0.15) is 25.7 Å². The molecule has 29 heavy (non-hydrogen) atoms. The lowest BCUT2D eigenvalue weighted by Crippen LogP contribution is -2.28. The zero-order valence-electron chi connectivity index (χ0n) is 15.7. The lowest BCUT2D eigenvalue weighted by Gasteiger charge is -2.26. The Morgan fingerprint density at radius 3 is 2.52 bits per heavy atom. The molecule has 9 heteroatoms. The number of hydrogen-bond donors (Lipinski definition) is 1. The van der Waals surface area contributed by atoms with Gasteiger partial charge in [0.2, 0.25) is 0 Å². The van der Waals surface area contributed by atoms with Crippen LogP contribution in [0.5, 0.6) is 5.75 Å². The van der Waals surface area contributed by atoms with Crippen LogP contribution < -0.4 is 10.5 Å². The highest BCUT2D eigenvalue weighted by Crippen LogP contribution is 2.29. The third-order valence-corrected chi connectivity index (χ3v) is 5.01. The molecule has 0 saturated heterocycles. The van der Waals surface area contributed by atoms with E-state index in [2.05, 4.69) is 15.1 Å². The molecule has 2 heterocycles. The second-order valence-corrected chi connectivity index (χ2v) is 7.13. The first-order valence-electron chi connectivity index (χ1n) is 9.28. The van der Waals surface area contributed by atoms with Crippen LogP contribution in [0.15, 0.2) is 43.1 Å². The first-order chi connectivity index (χ1) is 13.6. The van der Waals surface area contributed by atoms with E-state index < -0.39 is 11.6 Å². The number of ether oxygens (including phenoxy) is 1. The smallest absolute Gasteiger partial charge is 0.163 e. The fourth-order valence-corrected chi connectivity index (χ4v) is 3.46. The Labute approximate surface area is 173 Å². The summed E-state index contributed by atoms with van der Waals surface area (Å²) in [7, 11) is 0. The predicted molar refractivity (Wildman–Crippen MR) is 107 cm³/mol. The zero-order chi connectivity index (χ0) is 19.5. The largest absolute Gasteiger partial charge is 0.489 e. The van der Waals surface area contributed by atoms with Gasteiger partial charge in [0, 0.05) is 23.9 Å².